The molecule has 1 N–H and O–H groups in total. The molecule has 0 aliphatic carbocycles. The van der Waals surface area contributed by atoms with E-state index in [9.17, 15) is 0 Å². The second-order valence-electron chi connectivity index (χ2n) is 2.86. The SMILES string of the molecule is CNc1cc(OCc2cccs2)ncn1. The largest absolute Gasteiger partial charge is 0.472 e. The predicted octanol–water partition coefficient (Wildman–Crippen LogP) is 2.16. The third-order valence-corrected chi connectivity index (χ3v) is 2.69. The van der Waals surface area contributed by atoms with Crippen LogP contribution < -0.4 is 10.1 Å². The average Bonchev–Trinajstić information content (AvgIpc) is 2.79. The molecule has 0 saturated heterocycles. The first-order valence-electron chi connectivity index (χ1n) is 4.53. The first-order chi connectivity index (χ1) is 7.38. The molecule has 0 fully saturated rings. The molecule has 5 heteroatoms. The van der Waals surface area contributed by atoms with Crippen LogP contribution in [0.2, 0.25) is 0 Å². The van der Waals surface area contributed by atoms with Gasteiger partial charge in [0, 0.05) is 18.0 Å². The molecule has 4 nitrogen and oxygen atoms in total. The molecular formula is C10H11N3OS. The normalized spacial score (nSPS) is 9.93. The van der Waals surface area contributed by atoms with Gasteiger partial charge in [-0.15, -0.1) is 11.3 Å². The molecule has 0 amide bonds. The van der Waals surface area contributed by atoms with E-state index in [0.29, 0.717) is 12.5 Å². The molecule has 2 aromatic heterocycles. The summed E-state index contributed by atoms with van der Waals surface area (Å²) in [6, 6.07) is 5.81. The predicted molar refractivity (Wildman–Crippen MR) is 60.2 cm³/mol. The van der Waals surface area contributed by atoms with Crippen molar-refractivity contribution in [1.29, 1.82) is 0 Å². The summed E-state index contributed by atoms with van der Waals surface area (Å²) in [5.74, 6) is 1.34. The standard InChI is InChI=1S/C10H11N3OS/c1-11-9-5-10(13-7-12-9)14-6-8-3-2-4-15-8/h2-5,7H,6H2,1H3,(H,11,12,13). The van der Waals surface area contributed by atoms with Gasteiger partial charge in [-0.2, -0.15) is 0 Å². The van der Waals surface area contributed by atoms with Gasteiger partial charge in [0.2, 0.25) is 5.88 Å². The minimum Gasteiger partial charge on any atom is -0.472 e. The van der Waals surface area contributed by atoms with Crippen molar-refractivity contribution in [3.63, 3.8) is 0 Å². The summed E-state index contributed by atoms with van der Waals surface area (Å²) in [6.45, 7) is 0.553. The van der Waals surface area contributed by atoms with Crippen LogP contribution in [0.3, 0.4) is 0 Å². The Morgan fingerprint density at radius 2 is 2.40 bits per heavy atom. The molecule has 78 valence electrons. The fourth-order valence-corrected chi connectivity index (χ4v) is 1.71. The van der Waals surface area contributed by atoms with Crippen LogP contribution in [0.15, 0.2) is 29.9 Å². The zero-order chi connectivity index (χ0) is 10.5. The summed E-state index contributed by atoms with van der Waals surface area (Å²) < 4.78 is 5.51. The Hall–Kier alpha value is -1.62. The Labute approximate surface area is 92.0 Å². The number of nitrogens with one attached hydrogen (secondary N) is 1. The Bertz CT molecular complexity index is 416. The van der Waals surface area contributed by atoms with E-state index in [1.165, 1.54) is 11.2 Å². The van der Waals surface area contributed by atoms with E-state index >= 15 is 0 Å². The zero-order valence-corrected chi connectivity index (χ0v) is 9.12. The number of hydrogen-bond acceptors (Lipinski definition) is 5. The minimum absolute atomic E-state index is 0.553. The van der Waals surface area contributed by atoms with E-state index < -0.39 is 0 Å². The summed E-state index contributed by atoms with van der Waals surface area (Å²) in [5.41, 5.74) is 0. The lowest BCUT2D eigenvalue weighted by Crippen LogP contribution is -1.98. The molecule has 0 atom stereocenters. The first-order valence-corrected chi connectivity index (χ1v) is 5.41. The average molecular weight is 221 g/mol. The van der Waals surface area contributed by atoms with E-state index in [2.05, 4.69) is 15.3 Å². The van der Waals surface area contributed by atoms with E-state index in [-0.39, 0.29) is 0 Å². The highest BCUT2D eigenvalue weighted by Gasteiger charge is 1.99. The summed E-state index contributed by atoms with van der Waals surface area (Å²) in [7, 11) is 1.81. The van der Waals surface area contributed by atoms with Crippen LogP contribution in [0, 0.1) is 0 Å². The van der Waals surface area contributed by atoms with Gasteiger partial charge >= 0.3 is 0 Å². The maximum atomic E-state index is 5.51. The fourth-order valence-electron chi connectivity index (χ4n) is 1.09. The smallest absolute Gasteiger partial charge is 0.218 e. The summed E-state index contributed by atoms with van der Waals surface area (Å²) in [5, 5.41) is 4.96. The lowest BCUT2D eigenvalue weighted by atomic mass is 10.5. The van der Waals surface area contributed by atoms with Crippen LogP contribution in [0.5, 0.6) is 5.88 Å². The van der Waals surface area contributed by atoms with Crippen molar-refractivity contribution in [2.45, 2.75) is 6.61 Å². The number of anilines is 1. The van der Waals surface area contributed by atoms with Crippen molar-refractivity contribution in [1.82, 2.24) is 9.97 Å². The molecule has 0 saturated carbocycles. The maximum absolute atomic E-state index is 5.51. The third-order valence-electron chi connectivity index (χ3n) is 1.84. The van der Waals surface area contributed by atoms with Crippen LogP contribution in [-0.2, 0) is 6.61 Å². The Morgan fingerprint density at radius 1 is 1.47 bits per heavy atom. The second kappa shape index (κ2) is 4.75. The van der Waals surface area contributed by atoms with Crippen LogP contribution >= 0.6 is 11.3 Å². The van der Waals surface area contributed by atoms with E-state index in [1.807, 2.05) is 24.6 Å². The van der Waals surface area contributed by atoms with Crippen molar-refractivity contribution in [2.75, 3.05) is 12.4 Å². The van der Waals surface area contributed by atoms with Crippen molar-refractivity contribution < 1.29 is 4.74 Å². The van der Waals surface area contributed by atoms with Gasteiger partial charge in [0.15, 0.2) is 0 Å². The number of aromatic nitrogens is 2. The lowest BCUT2D eigenvalue weighted by Gasteiger charge is -2.04. The first kappa shape index (κ1) is 9.92. The zero-order valence-electron chi connectivity index (χ0n) is 8.30. The number of thiophene rings is 1. The highest BCUT2D eigenvalue weighted by atomic mass is 32.1. The van der Waals surface area contributed by atoms with Crippen molar-refractivity contribution in [3.05, 3.63) is 34.8 Å². The van der Waals surface area contributed by atoms with Gasteiger partial charge in [0.1, 0.15) is 18.8 Å². The van der Waals surface area contributed by atoms with Gasteiger partial charge < -0.3 is 10.1 Å². The molecule has 0 aliphatic rings. The molecule has 0 bridgehead atoms. The Balaban J connectivity index is 1.98. The number of hydrogen-bond donors (Lipinski definition) is 1. The van der Waals surface area contributed by atoms with Gasteiger partial charge in [-0.1, -0.05) is 6.07 Å². The van der Waals surface area contributed by atoms with Gasteiger partial charge in [-0.25, -0.2) is 9.97 Å². The van der Waals surface area contributed by atoms with Crippen LogP contribution in [-0.4, -0.2) is 17.0 Å². The molecule has 0 spiro atoms. The minimum atomic E-state index is 0.553. The van der Waals surface area contributed by atoms with Crippen LogP contribution in [0.1, 0.15) is 4.88 Å². The fraction of sp³-hybridized carbons (Fsp3) is 0.200. The van der Waals surface area contributed by atoms with Gasteiger partial charge in [-0.3, -0.25) is 0 Å². The van der Waals surface area contributed by atoms with Crippen molar-refractivity contribution in [2.24, 2.45) is 0 Å². The lowest BCUT2D eigenvalue weighted by molar-refractivity contribution is 0.297. The van der Waals surface area contributed by atoms with Gasteiger partial charge in [0.05, 0.1) is 0 Å². The molecule has 2 aromatic rings. The number of rotatable bonds is 4. The van der Waals surface area contributed by atoms with Gasteiger partial charge in [0.25, 0.3) is 0 Å². The van der Waals surface area contributed by atoms with Crippen molar-refractivity contribution in [3.8, 4) is 5.88 Å². The highest BCUT2D eigenvalue weighted by molar-refractivity contribution is 7.09. The Kier molecular flexibility index (Phi) is 3.14. The van der Waals surface area contributed by atoms with E-state index in [4.69, 9.17) is 4.74 Å². The quantitative estimate of drug-likeness (QED) is 0.859. The van der Waals surface area contributed by atoms with Crippen LogP contribution in [0.25, 0.3) is 0 Å². The van der Waals surface area contributed by atoms with Gasteiger partial charge in [-0.05, 0) is 11.4 Å². The van der Waals surface area contributed by atoms with Crippen molar-refractivity contribution >= 4 is 17.2 Å². The Morgan fingerprint density at radius 3 is 3.13 bits per heavy atom. The molecule has 0 aliphatic heterocycles. The number of ether oxygens (including phenoxy) is 1. The summed E-state index contributed by atoms with van der Waals surface area (Å²) in [6.07, 6.45) is 1.48. The number of nitrogens with zero attached hydrogens (tertiary/aromatic N) is 2. The highest BCUT2D eigenvalue weighted by Crippen LogP contribution is 2.14. The summed E-state index contributed by atoms with van der Waals surface area (Å²) >= 11 is 1.67. The molecule has 2 rings (SSSR count). The molecule has 0 unspecified atom stereocenters. The third kappa shape index (κ3) is 2.66. The van der Waals surface area contributed by atoms with Crippen LogP contribution in [0.4, 0.5) is 5.82 Å². The molecule has 0 radical (unpaired) electrons. The summed E-state index contributed by atoms with van der Waals surface area (Å²) in [4.78, 5) is 9.20. The monoisotopic (exact) mass is 221 g/mol. The molecule has 0 aromatic carbocycles. The second-order valence-corrected chi connectivity index (χ2v) is 3.89. The molecule has 15 heavy (non-hydrogen) atoms. The van der Waals surface area contributed by atoms with E-state index in [0.717, 1.165) is 5.82 Å². The maximum Gasteiger partial charge on any atom is 0.218 e. The molecule has 2 heterocycles. The molecular weight excluding hydrogens is 210 g/mol. The topological polar surface area (TPSA) is 47.0 Å². The van der Waals surface area contributed by atoms with E-state index in [1.54, 1.807) is 17.4 Å².